The van der Waals surface area contributed by atoms with Gasteiger partial charge in [-0.1, -0.05) is 64.8 Å². The number of carbonyl (C=O) groups is 2. The van der Waals surface area contributed by atoms with E-state index in [0.29, 0.717) is 25.4 Å². The summed E-state index contributed by atoms with van der Waals surface area (Å²) in [5.74, 6) is 0.541. The Morgan fingerprint density at radius 1 is 0.944 bits per heavy atom. The van der Waals surface area contributed by atoms with Crippen LogP contribution in [0.5, 0.6) is 0 Å². The topological polar surface area (TPSA) is 63.6 Å². The molecule has 0 aromatic rings. The molecule has 0 spiro atoms. The van der Waals surface area contributed by atoms with Gasteiger partial charge in [-0.05, 0) is 92.3 Å². The lowest BCUT2D eigenvalue weighted by Crippen LogP contribution is -2.62. The van der Waals surface area contributed by atoms with Gasteiger partial charge in [-0.15, -0.1) is 0 Å². The van der Waals surface area contributed by atoms with Gasteiger partial charge in [-0.3, -0.25) is 9.59 Å². The highest BCUT2D eigenvalue weighted by atomic mass is 16.5. The molecule has 0 bridgehead atoms. The number of ether oxygens (including phenoxy) is 1. The molecule has 0 saturated heterocycles. The van der Waals surface area contributed by atoms with E-state index in [1.807, 2.05) is 13.8 Å². The Hall–Kier alpha value is -1.42. The Balaban J connectivity index is 1.61. The molecule has 0 radical (unpaired) electrons. The van der Waals surface area contributed by atoms with Gasteiger partial charge in [0.1, 0.15) is 5.78 Å². The van der Waals surface area contributed by atoms with Crippen molar-refractivity contribution in [1.82, 2.24) is 0 Å². The molecule has 0 aromatic heterocycles. The second-order valence-electron chi connectivity index (χ2n) is 14.8. The summed E-state index contributed by atoms with van der Waals surface area (Å²) >= 11 is 0. The highest BCUT2D eigenvalue weighted by molar-refractivity contribution is 5.92. The van der Waals surface area contributed by atoms with Gasteiger partial charge in [0.2, 0.25) is 0 Å². The molecule has 0 unspecified atom stereocenters. The average Bonchev–Trinajstić information content (AvgIpc) is 2.79. The highest BCUT2D eigenvalue weighted by Crippen LogP contribution is 2.74. The third-order valence-electron chi connectivity index (χ3n) is 12.8. The average molecular weight is 497 g/mol. The minimum Gasteiger partial charge on any atom is -0.466 e. The maximum atomic E-state index is 13.7. The van der Waals surface area contributed by atoms with Crippen LogP contribution in [-0.4, -0.2) is 29.6 Å². The Morgan fingerprint density at radius 2 is 1.64 bits per heavy atom. The number of aliphatic hydroxyl groups is 1. The number of hydrogen-bond acceptors (Lipinski definition) is 4. The Kier molecular flexibility index (Phi) is 5.68. The van der Waals surface area contributed by atoms with E-state index >= 15 is 0 Å². The first-order valence-electron chi connectivity index (χ1n) is 14.4. The summed E-state index contributed by atoms with van der Waals surface area (Å²) < 4.78 is 5.47. The van der Waals surface area contributed by atoms with E-state index in [1.165, 1.54) is 5.57 Å². The molecule has 0 amide bonds. The van der Waals surface area contributed by atoms with Crippen LogP contribution >= 0.6 is 0 Å². The number of allylic oxidation sites excluding steroid dienone is 4. The monoisotopic (exact) mass is 496 g/mol. The van der Waals surface area contributed by atoms with Gasteiger partial charge in [-0.25, -0.2) is 0 Å². The molecule has 4 nitrogen and oxygen atoms in total. The van der Waals surface area contributed by atoms with Crippen LogP contribution in [0.2, 0.25) is 0 Å². The highest BCUT2D eigenvalue weighted by Gasteiger charge is 2.67. The lowest BCUT2D eigenvalue weighted by molar-refractivity contribution is -0.167. The fraction of sp³-hybridized carbons (Fsp3) is 0.812. The quantitative estimate of drug-likeness (QED) is 0.427. The lowest BCUT2D eigenvalue weighted by Gasteiger charge is -2.68. The Labute approximate surface area is 218 Å². The zero-order valence-corrected chi connectivity index (χ0v) is 23.9. The van der Waals surface area contributed by atoms with E-state index in [-0.39, 0.29) is 45.4 Å². The summed E-state index contributed by atoms with van der Waals surface area (Å²) in [5, 5.41) is 10.9. The molecule has 0 aromatic carbocycles. The van der Waals surface area contributed by atoms with Crippen LogP contribution in [0, 0.1) is 44.3 Å². The molecular weight excluding hydrogens is 448 g/mol. The van der Waals surface area contributed by atoms with Crippen molar-refractivity contribution < 1.29 is 19.4 Å². The number of hydrogen-bond donors (Lipinski definition) is 1. The molecule has 5 aliphatic carbocycles. The van der Waals surface area contributed by atoms with E-state index in [1.54, 1.807) is 5.57 Å². The zero-order valence-electron chi connectivity index (χ0n) is 23.9. The summed E-state index contributed by atoms with van der Waals surface area (Å²) in [6, 6.07) is 0. The van der Waals surface area contributed by atoms with E-state index < -0.39 is 10.8 Å². The van der Waals surface area contributed by atoms with E-state index in [2.05, 4.69) is 53.7 Å². The van der Waals surface area contributed by atoms with Gasteiger partial charge in [0.05, 0.1) is 18.1 Å². The number of ketones is 1. The molecule has 0 aliphatic heterocycles. The van der Waals surface area contributed by atoms with Crippen LogP contribution < -0.4 is 0 Å². The van der Waals surface area contributed by atoms with Crippen LogP contribution in [0.4, 0.5) is 0 Å². The fourth-order valence-corrected chi connectivity index (χ4v) is 10.0. The van der Waals surface area contributed by atoms with Crippen molar-refractivity contribution in [2.45, 2.75) is 113 Å². The molecule has 8 atom stereocenters. The SMILES string of the molecule is CCOC(=O)[C@]1(C)CC(=O)[C@]2(C)CC[C@]3(C)C(=CC=C4[C@@]5(C)CC[C@H](O)C(C)(C)[C@H]5CC[C@]43C)[C@H]2C1. The van der Waals surface area contributed by atoms with Crippen molar-refractivity contribution in [1.29, 1.82) is 0 Å². The first kappa shape index (κ1) is 26.2. The standard InChI is InChI=1S/C32H48O4/c1-9-36-26(35)28(4)18-21-20-10-11-23-30(6)14-13-24(33)27(2,3)22(30)12-15-32(23,8)31(20,7)17-16-29(21,5)25(34)19-28/h10-11,21-22,24,33H,9,12-19H2,1-8H3/t21-,22-,24+,28+,29-,30+,31-,32-/m1/s1. The minimum absolute atomic E-state index is 0.0167. The second kappa shape index (κ2) is 7.80. The first-order valence-corrected chi connectivity index (χ1v) is 14.4. The third kappa shape index (κ3) is 3.09. The molecule has 4 fully saturated rings. The summed E-state index contributed by atoms with van der Waals surface area (Å²) in [6.45, 7) is 18.2. The number of fused-ring (bicyclic) bond motifs is 7. The lowest BCUT2D eigenvalue weighted by atomic mass is 9.36. The third-order valence-corrected chi connectivity index (χ3v) is 12.8. The molecule has 200 valence electrons. The molecule has 4 saturated carbocycles. The smallest absolute Gasteiger partial charge is 0.312 e. The van der Waals surface area contributed by atoms with Gasteiger partial charge >= 0.3 is 5.97 Å². The van der Waals surface area contributed by atoms with Crippen molar-refractivity contribution >= 4 is 11.8 Å². The number of Topliss-reactive ketones (excluding diaryl/α,β-unsaturated/α-hetero) is 1. The van der Waals surface area contributed by atoms with Crippen LogP contribution in [-0.2, 0) is 14.3 Å². The number of aliphatic hydroxyl groups excluding tert-OH is 1. The minimum atomic E-state index is -0.756. The van der Waals surface area contributed by atoms with Crippen LogP contribution in [0.3, 0.4) is 0 Å². The molecule has 0 heterocycles. The summed E-state index contributed by atoms with van der Waals surface area (Å²) in [6.07, 6.45) is 11.5. The summed E-state index contributed by atoms with van der Waals surface area (Å²) in [5.41, 5.74) is 1.75. The normalized spacial score (nSPS) is 49.5. The van der Waals surface area contributed by atoms with Crippen molar-refractivity contribution in [2.24, 2.45) is 44.3 Å². The molecule has 5 aliphatic rings. The first-order chi connectivity index (χ1) is 16.6. The van der Waals surface area contributed by atoms with E-state index in [9.17, 15) is 14.7 Å². The fourth-order valence-electron chi connectivity index (χ4n) is 10.0. The van der Waals surface area contributed by atoms with Crippen molar-refractivity contribution in [3.8, 4) is 0 Å². The largest absolute Gasteiger partial charge is 0.466 e. The molecule has 36 heavy (non-hydrogen) atoms. The van der Waals surface area contributed by atoms with Crippen molar-refractivity contribution in [3.63, 3.8) is 0 Å². The molecular formula is C32H48O4. The van der Waals surface area contributed by atoms with E-state index in [4.69, 9.17) is 4.74 Å². The zero-order chi connectivity index (χ0) is 26.5. The summed E-state index contributed by atoms with van der Waals surface area (Å²) in [4.78, 5) is 26.7. The number of rotatable bonds is 2. The number of carbonyl (C=O) groups excluding carboxylic acids is 2. The predicted molar refractivity (Wildman–Crippen MR) is 142 cm³/mol. The van der Waals surface area contributed by atoms with Gasteiger partial charge in [-0.2, -0.15) is 0 Å². The number of esters is 1. The van der Waals surface area contributed by atoms with Crippen LogP contribution in [0.15, 0.2) is 23.3 Å². The van der Waals surface area contributed by atoms with Crippen LogP contribution in [0.25, 0.3) is 0 Å². The molecule has 5 rings (SSSR count). The van der Waals surface area contributed by atoms with Crippen molar-refractivity contribution in [3.05, 3.63) is 23.3 Å². The molecule has 4 heteroatoms. The summed E-state index contributed by atoms with van der Waals surface area (Å²) in [7, 11) is 0. The Bertz CT molecular complexity index is 1050. The van der Waals surface area contributed by atoms with Crippen molar-refractivity contribution in [2.75, 3.05) is 6.61 Å². The second-order valence-corrected chi connectivity index (χ2v) is 14.8. The van der Waals surface area contributed by atoms with Gasteiger partial charge in [0, 0.05) is 11.8 Å². The molecule has 1 N–H and O–H groups in total. The van der Waals surface area contributed by atoms with Gasteiger partial charge in [0.15, 0.2) is 0 Å². The Morgan fingerprint density at radius 3 is 2.31 bits per heavy atom. The maximum absolute atomic E-state index is 13.7. The van der Waals surface area contributed by atoms with Crippen LogP contribution in [0.1, 0.15) is 107 Å². The maximum Gasteiger partial charge on any atom is 0.312 e. The van der Waals surface area contributed by atoms with Gasteiger partial charge < -0.3 is 9.84 Å². The van der Waals surface area contributed by atoms with Gasteiger partial charge in [0.25, 0.3) is 0 Å². The predicted octanol–water partition coefficient (Wildman–Crippen LogP) is 6.81. The van der Waals surface area contributed by atoms with E-state index in [0.717, 1.165) is 38.5 Å².